The van der Waals surface area contributed by atoms with Crippen LogP contribution in [0.4, 0.5) is 0 Å². The van der Waals surface area contributed by atoms with Gasteiger partial charge in [-0.3, -0.25) is 9.48 Å². The van der Waals surface area contributed by atoms with Crippen molar-refractivity contribution in [1.29, 1.82) is 0 Å². The van der Waals surface area contributed by atoms with E-state index < -0.39 is 0 Å². The van der Waals surface area contributed by atoms with Gasteiger partial charge in [0.25, 0.3) is 0 Å². The third-order valence-corrected chi connectivity index (χ3v) is 3.76. The lowest BCUT2D eigenvalue weighted by Crippen LogP contribution is -2.29. The van der Waals surface area contributed by atoms with Gasteiger partial charge < -0.3 is 4.90 Å². The number of aryl methyl sites for hydroxylation is 2. The molecule has 0 radical (unpaired) electrons. The fraction of sp³-hybridized carbons (Fsp3) is 0.667. The average Bonchev–Trinajstić information content (AvgIpc) is 2.45. The zero-order chi connectivity index (χ0) is 12.4. The summed E-state index contributed by atoms with van der Waals surface area (Å²) in [6.07, 6.45) is 3.90. The molecule has 0 aliphatic carbocycles. The van der Waals surface area contributed by atoms with E-state index in [1.807, 2.05) is 18.9 Å². The number of hydrogen-bond donors (Lipinski definition) is 0. The van der Waals surface area contributed by atoms with Crippen LogP contribution in [-0.2, 0) is 18.4 Å². The number of rotatable bonds is 2. The molecule has 1 aromatic heterocycles. The van der Waals surface area contributed by atoms with Crippen molar-refractivity contribution in [3.05, 3.63) is 16.4 Å². The molecule has 17 heavy (non-hydrogen) atoms. The minimum Gasteiger partial charge on any atom is -0.338 e. The van der Waals surface area contributed by atoms with Crippen LogP contribution in [0.1, 0.15) is 36.9 Å². The van der Waals surface area contributed by atoms with Crippen LogP contribution in [0, 0.1) is 6.92 Å². The Labute approximate surface area is 107 Å². The van der Waals surface area contributed by atoms with Crippen LogP contribution in [0.25, 0.3) is 0 Å². The van der Waals surface area contributed by atoms with Gasteiger partial charge in [-0.15, -0.1) is 0 Å². The SMILES string of the molecule is Cc1nn(C)c(Cl)c1CN1CCCCCC1=O. The molecule has 5 heteroatoms. The summed E-state index contributed by atoms with van der Waals surface area (Å²) in [6, 6.07) is 0. The third-order valence-electron chi connectivity index (χ3n) is 3.29. The van der Waals surface area contributed by atoms with Crippen LogP contribution >= 0.6 is 11.6 Å². The molecule has 94 valence electrons. The van der Waals surface area contributed by atoms with Gasteiger partial charge >= 0.3 is 0 Å². The fourth-order valence-corrected chi connectivity index (χ4v) is 2.48. The van der Waals surface area contributed by atoms with Crippen molar-refractivity contribution < 1.29 is 4.79 Å². The topological polar surface area (TPSA) is 38.1 Å². The van der Waals surface area contributed by atoms with Gasteiger partial charge in [-0.2, -0.15) is 5.10 Å². The molecule has 0 unspecified atom stereocenters. The second-order valence-electron chi connectivity index (χ2n) is 4.60. The summed E-state index contributed by atoms with van der Waals surface area (Å²) in [5.74, 6) is 0.238. The molecule has 0 aromatic carbocycles. The number of aromatic nitrogens is 2. The van der Waals surface area contributed by atoms with E-state index in [2.05, 4.69) is 5.10 Å². The Morgan fingerprint density at radius 3 is 2.76 bits per heavy atom. The van der Waals surface area contributed by atoms with E-state index in [1.165, 1.54) is 0 Å². The maximum atomic E-state index is 11.9. The Morgan fingerprint density at radius 1 is 1.35 bits per heavy atom. The molecule has 1 aliphatic rings. The van der Waals surface area contributed by atoms with Gasteiger partial charge in [0.2, 0.25) is 5.91 Å². The van der Waals surface area contributed by atoms with E-state index >= 15 is 0 Å². The minimum atomic E-state index is 0.238. The molecule has 4 nitrogen and oxygen atoms in total. The Balaban J connectivity index is 2.16. The second kappa shape index (κ2) is 5.08. The maximum absolute atomic E-state index is 11.9. The van der Waals surface area contributed by atoms with E-state index in [9.17, 15) is 4.79 Å². The molecule has 1 aliphatic heterocycles. The molecule has 0 spiro atoms. The fourth-order valence-electron chi connectivity index (χ4n) is 2.25. The highest BCUT2D eigenvalue weighted by Crippen LogP contribution is 2.22. The second-order valence-corrected chi connectivity index (χ2v) is 4.96. The number of likely N-dealkylation sites (tertiary alicyclic amines) is 1. The summed E-state index contributed by atoms with van der Waals surface area (Å²) in [6.45, 7) is 3.37. The van der Waals surface area contributed by atoms with Crippen LogP contribution in [0.3, 0.4) is 0 Å². The van der Waals surface area contributed by atoms with E-state index in [0.717, 1.165) is 37.1 Å². The van der Waals surface area contributed by atoms with Crippen LogP contribution in [0.5, 0.6) is 0 Å². The van der Waals surface area contributed by atoms with Crippen LogP contribution < -0.4 is 0 Å². The van der Waals surface area contributed by atoms with Gasteiger partial charge in [0.05, 0.1) is 12.2 Å². The third kappa shape index (κ3) is 2.63. The Kier molecular flexibility index (Phi) is 3.72. The quantitative estimate of drug-likeness (QED) is 0.813. The molecule has 0 saturated carbocycles. The number of nitrogens with zero attached hydrogens (tertiary/aromatic N) is 3. The zero-order valence-corrected chi connectivity index (χ0v) is 11.1. The van der Waals surface area contributed by atoms with Crippen molar-refractivity contribution in [1.82, 2.24) is 14.7 Å². The first-order valence-electron chi connectivity index (χ1n) is 6.05. The monoisotopic (exact) mass is 255 g/mol. The van der Waals surface area contributed by atoms with Crippen LogP contribution in [0.2, 0.25) is 5.15 Å². The van der Waals surface area contributed by atoms with Gasteiger partial charge in [0, 0.05) is 25.6 Å². The molecule has 2 rings (SSSR count). The molecular formula is C12H18ClN3O. The highest BCUT2D eigenvalue weighted by molar-refractivity contribution is 6.30. The van der Waals surface area contributed by atoms with E-state index in [-0.39, 0.29) is 5.91 Å². The van der Waals surface area contributed by atoms with Crippen molar-refractivity contribution in [2.24, 2.45) is 7.05 Å². The van der Waals surface area contributed by atoms with Gasteiger partial charge in [-0.25, -0.2) is 0 Å². The van der Waals surface area contributed by atoms with E-state index in [0.29, 0.717) is 18.1 Å². The highest BCUT2D eigenvalue weighted by atomic mass is 35.5. The first kappa shape index (κ1) is 12.4. The van der Waals surface area contributed by atoms with Crippen molar-refractivity contribution in [2.45, 2.75) is 39.2 Å². The van der Waals surface area contributed by atoms with Crippen molar-refractivity contribution in [2.75, 3.05) is 6.54 Å². The lowest BCUT2D eigenvalue weighted by Gasteiger charge is -2.20. The van der Waals surface area contributed by atoms with Crippen molar-refractivity contribution in [3.63, 3.8) is 0 Å². The zero-order valence-electron chi connectivity index (χ0n) is 10.4. The summed E-state index contributed by atoms with van der Waals surface area (Å²) >= 11 is 6.18. The van der Waals surface area contributed by atoms with Crippen LogP contribution in [-0.4, -0.2) is 27.1 Å². The van der Waals surface area contributed by atoms with E-state index in [4.69, 9.17) is 11.6 Å². The number of carbonyl (C=O) groups is 1. The summed E-state index contributed by atoms with van der Waals surface area (Å²) in [5, 5.41) is 4.91. The summed E-state index contributed by atoms with van der Waals surface area (Å²) in [7, 11) is 1.82. The Bertz CT molecular complexity index is 428. The summed E-state index contributed by atoms with van der Waals surface area (Å²) < 4.78 is 1.66. The van der Waals surface area contributed by atoms with Gasteiger partial charge in [-0.1, -0.05) is 18.0 Å². The first-order chi connectivity index (χ1) is 8.09. The molecule has 1 fully saturated rings. The number of amides is 1. The molecule has 0 N–H and O–H groups in total. The molecule has 1 amide bonds. The molecular weight excluding hydrogens is 238 g/mol. The smallest absolute Gasteiger partial charge is 0.222 e. The predicted octanol–water partition coefficient (Wildman–Crippen LogP) is 2.28. The Morgan fingerprint density at radius 2 is 2.12 bits per heavy atom. The number of halogens is 1. The molecule has 2 heterocycles. The molecule has 0 atom stereocenters. The largest absolute Gasteiger partial charge is 0.338 e. The van der Waals surface area contributed by atoms with Gasteiger partial charge in [0.15, 0.2) is 0 Å². The summed E-state index contributed by atoms with van der Waals surface area (Å²) in [4.78, 5) is 13.8. The first-order valence-corrected chi connectivity index (χ1v) is 6.43. The normalized spacial score (nSPS) is 17.4. The standard InChI is InChI=1S/C12H18ClN3O/c1-9-10(12(13)15(2)14-9)8-16-7-5-3-4-6-11(16)17/h3-8H2,1-2H3. The molecule has 0 bridgehead atoms. The van der Waals surface area contributed by atoms with Crippen molar-refractivity contribution >= 4 is 17.5 Å². The van der Waals surface area contributed by atoms with Crippen LogP contribution in [0.15, 0.2) is 0 Å². The van der Waals surface area contributed by atoms with Gasteiger partial charge in [-0.05, 0) is 19.8 Å². The minimum absolute atomic E-state index is 0.238. The maximum Gasteiger partial charge on any atom is 0.222 e. The Hall–Kier alpha value is -1.03. The number of carbonyl (C=O) groups excluding carboxylic acids is 1. The average molecular weight is 256 g/mol. The van der Waals surface area contributed by atoms with Crippen molar-refractivity contribution in [3.8, 4) is 0 Å². The molecule has 1 aromatic rings. The number of hydrogen-bond acceptors (Lipinski definition) is 2. The predicted molar refractivity (Wildman–Crippen MR) is 66.8 cm³/mol. The van der Waals surface area contributed by atoms with Gasteiger partial charge in [0.1, 0.15) is 5.15 Å². The highest BCUT2D eigenvalue weighted by Gasteiger charge is 2.20. The summed E-state index contributed by atoms with van der Waals surface area (Å²) in [5.41, 5.74) is 1.89. The molecule has 1 saturated heterocycles. The van der Waals surface area contributed by atoms with E-state index in [1.54, 1.807) is 4.68 Å². The lowest BCUT2D eigenvalue weighted by molar-refractivity contribution is -0.131. The lowest BCUT2D eigenvalue weighted by atomic mass is 10.2.